The Labute approximate surface area is 172 Å². The first-order valence-electron chi connectivity index (χ1n) is 8.75. The molecule has 0 radical (unpaired) electrons. The van der Waals surface area contributed by atoms with Crippen molar-refractivity contribution >= 4 is 33.0 Å². The van der Waals surface area contributed by atoms with E-state index in [-0.39, 0.29) is 29.2 Å². The molecule has 0 aliphatic heterocycles. The van der Waals surface area contributed by atoms with Crippen molar-refractivity contribution in [2.24, 2.45) is 5.73 Å². The van der Waals surface area contributed by atoms with Crippen molar-refractivity contribution in [3.05, 3.63) is 75.0 Å². The summed E-state index contributed by atoms with van der Waals surface area (Å²) in [7, 11) is 0. The molecule has 0 saturated heterocycles. The SMILES string of the molecule is CCn1c(=O)n(-c2ccc(F)cc2)c2nc(-c3cccc(Br)c3)nc(C(N)=O)c21. The molecule has 2 N–H and O–H groups in total. The van der Waals surface area contributed by atoms with Crippen LogP contribution in [-0.2, 0) is 6.54 Å². The fourth-order valence-corrected chi connectivity index (χ4v) is 3.60. The number of nitrogens with zero attached hydrogens (tertiary/aromatic N) is 4. The van der Waals surface area contributed by atoms with Gasteiger partial charge in [0.2, 0.25) is 0 Å². The summed E-state index contributed by atoms with van der Waals surface area (Å²) in [6.45, 7) is 2.05. The number of fused-ring (bicyclic) bond motifs is 1. The molecule has 2 aromatic heterocycles. The van der Waals surface area contributed by atoms with Gasteiger partial charge in [-0.2, -0.15) is 0 Å². The molecule has 0 aliphatic rings. The van der Waals surface area contributed by atoms with E-state index in [4.69, 9.17) is 5.73 Å². The van der Waals surface area contributed by atoms with Gasteiger partial charge in [0.15, 0.2) is 17.2 Å². The second kappa shape index (κ2) is 7.25. The maximum Gasteiger partial charge on any atom is 0.335 e. The highest BCUT2D eigenvalue weighted by Gasteiger charge is 2.23. The summed E-state index contributed by atoms with van der Waals surface area (Å²) in [5.41, 5.74) is 6.65. The minimum atomic E-state index is -0.771. The zero-order valence-electron chi connectivity index (χ0n) is 15.3. The van der Waals surface area contributed by atoms with Crippen LogP contribution in [0.2, 0.25) is 0 Å². The van der Waals surface area contributed by atoms with Gasteiger partial charge in [0.25, 0.3) is 5.91 Å². The van der Waals surface area contributed by atoms with Crippen LogP contribution >= 0.6 is 15.9 Å². The topological polar surface area (TPSA) is 95.8 Å². The number of imidazole rings is 1. The van der Waals surface area contributed by atoms with Gasteiger partial charge in [0, 0.05) is 16.6 Å². The van der Waals surface area contributed by atoms with E-state index in [1.807, 2.05) is 6.07 Å². The molecule has 0 fully saturated rings. The molecule has 0 atom stereocenters. The Bertz CT molecular complexity index is 1310. The lowest BCUT2D eigenvalue weighted by Crippen LogP contribution is -2.23. The maximum absolute atomic E-state index is 13.4. The van der Waals surface area contributed by atoms with Crippen molar-refractivity contribution in [1.29, 1.82) is 0 Å². The van der Waals surface area contributed by atoms with Crippen LogP contribution in [0.5, 0.6) is 0 Å². The third-order valence-electron chi connectivity index (χ3n) is 4.49. The molecule has 4 rings (SSSR count). The van der Waals surface area contributed by atoms with Gasteiger partial charge in [0.1, 0.15) is 11.3 Å². The molecule has 4 aromatic rings. The lowest BCUT2D eigenvalue weighted by Gasteiger charge is -2.07. The molecule has 1 amide bonds. The second-order valence-corrected chi connectivity index (χ2v) is 7.20. The van der Waals surface area contributed by atoms with Crippen LogP contribution in [0.4, 0.5) is 4.39 Å². The summed E-state index contributed by atoms with van der Waals surface area (Å²) in [6.07, 6.45) is 0. The molecule has 29 heavy (non-hydrogen) atoms. The van der Waals surface area contributed by atoms with Crippen LogP contribution < -0.4 is 11.4 Å². The zero-order chi connectivity index (χ0) is 20.7. The zero-order valence-corrected chi connectivity index (χ0v) is 16.9. The predicted octanol–water partition coefficient (Wildman–Crippen LogP) is 3.27. The van der Waals surface area contributed by atoms with E-state index in [1.54, 1.807) is 25.1 Å². The molecule has 9 heteroatoms. The number of hydrogen-bond acceptors (Lipinski definition) is 4. The largest absolute Gasteiger partial charge is 0.364 e. The summed E-state index contributed by atoms with van der Waals surface area (Å²) in [5.74, 6) is -0.952. The highest BCUT2D eigenvalue weighted by Crippen LogP contribution is 2.25. The molecule has 2 aromatic carbocycles. The highest BCUT2D eigenvalue weighted by atomic mass is 79.9. The standard InChI is InChI=1S/C20H15BrFN5O2/c1-2-26-16-15(17(23)28)24-18(11-4-3-5-12(21)10-11)25-19(16)27(20(26)29)14-8-6-13(22)7-9-14/h3-10H,2H2,1H3,(H2,23,28). The average Bonchev–Trinajstić information content (AvgIpc) is 2.99. The summed E-state index contributed by atoms with van der Waals surface area (Å²) in [6, 6.07) is 12.7. The summed E-state index contributed by atoms with van der Waals surface area (Å²) in [4.78, 5) is 34.2. The second-order valence-electron chi connectivity index (χ2n) is 6.28. The first-order valence-corrected chi connectivity index (χ1v) is 9.55. The normalized spacial score (nSPS) is 11.1. The molecule has 2 heterocycles. The molecule has 0 spiro atoms. The lowest BCUT2D eigenvalue weighted by atomic mass is 10.2. The number of benzene rings is 2. The Balaban J connectivity index is 2.13. The quantitative estimate of drug-likeness (QED) is 0.510. The third kappa shape index (κ3) is 3.23. The first-order chi connectivity index (χ1) is 13.9. The highest BCUT2D eigenvalue weighted by molar-refractivity contribution is 9.10. The Hall–Kier alpha value is -3.33. The maximum atomic E-state index is 13.4. The fraction of sp³-hybridized carbons (Fsp3) is 0.100. The number of aryl methyl sites for hydroxylation is 1. The Kier molecular flexibility index (Phi) is 4.75. The van der Waals surface area contributed by atoms with Crippen molar-refractivity contribution < 1.29 is 9.18 Å². The molecular formula is C20H15BrFN5O2. The van der Waals surface area contributed by atoms with Crippen LogP contribution in [0.3, 0.4) is 0 Å². The van der Waals surface area contributed by atoms with Crippen molar-refractivity contribution in [2.45, 2.75) is 13.5 Å². The van der Waals surface area contributed by atoms with Crippen molar-refractivity contribution in [1.82, 2.24) is 19.1 Å². The number of rotatable bonds is 4. The van der Waals surface area contributed by atoms with Gasteiger partial charge in [-0.3, -0.25) is 9.36 Å². The van der Waals surface area contributed by atoms with Gasteiger partial charge in [0.05, 0.1) is 5.69 Å². The summed E-state index contributed by atoms with van der Waals surface area (Å²) in [5, 5.41) is 0. The van der Waals surface area contributed by atoms with Crippen LogP contribution in [0.25, 0.3) is 28.2 Å². The van der Waals surface area contributed by atoms with E-state index in [2.05, 4.69) is 25.9 Å². The number of aromatic nitrogens is 4. The van der Waals surface area contributed by atoms with Crippen LogP contribution in [0.15, 0.2) is 57.8 Å². The van der Waals surface area contributed by atoms with Crippen molar-refractivity contribution in [3.8, 4) is 17.1 Å². The molecule has 0 unspecified atom stereocenters. The smallest absolute Gasteiger partial charge is 0.335 e. The predicted molar refractivity (Wildman–Crippen MR) is 110 cm³/mol. The van der Waals surface area contributed by atoms with Gasteiger partial charge in [-0.1, -0.05) is 28.1 Å². The number of halogens is 2. The van der Waals surface area contributed by atoms with Crippen molar-refractivity contribution in [3.63, 3.8) is 0 Å². The van der Waals surface area contributed by atoms with Gasteiger partial charge < -0.3 is 5.73 Å². The van der Waals surface area contributed by atoms with E-state index >= 15 is 0 Å². The lowest BCUT2D eigenvalue weighted by molar-refractivity contribution is 0.0997. The molecule has 146 valence electrons. The summed E-state index contributed by atoms with van der Waals surface area (Å²) >= 11 is 3.40. The van der Waals surface area contributed by atoms with Gasteiger partial charge in [-0.15, -0.1) is 0 Å². The summed E-state index contributed by atoms with van der Waals surface area (Å²) < 4.78 is 16.9. The molecular weight excluding hydrogens is 441 g/mol. The van der Waals surface area contributed by atoms with E-state index in [0.29, 0.717) is 11.3 Å². The van der Waals surface area contributed by atoms with E-state index in [0.717, 1.165) is 4.47 Å². The van der Waals surface area contributed by atoms with Crippen molar-refractivity contribution in [2.75, 3.05) is 0 Å². The Morgan fingerprint density at radius 1 is 1.17 bits per heavy atom. The van der Waals surface area contributed by atoms with Crippen LogP contribution in [0, 0.1) is 5.82 Å². The first kappa shape index (κ1) is 19.0. The number of carbonyl (C=O) groups is 1. The van der Waals surface area contributed by atoms with Gasteiger partial charge >= 0.3 is 5.69 Å². The van der Waals surface area contributed by atoms with Gasteiger partial charge in [-0.25, -0.2) is 23.7 Å². The third-order valence-corrected chi connectivity index (χ3v) is 4.98. The number of carbonyl (C=O) groups excluding carboxylic acids is 1. The number of amides is 1. The van der Waals surface area contributed by atoms with Crippen LogP contribution in [0.1, 0.15) is 17.4 Å². The fourth-order valence-electron chi connectivity index (χ4n) is 3.20. The average molecular weight is 456 g/mol. The minimum absolute atomic E-state index is 0.0511. The van der Waals surface area contributed by atoms with E-state index in [1.165, 1.54) is 33.4 Å². The van der Waals surface area contributed by atoms with E-state index in [9.17, 15) is 14.0 Å². The molecule has 0 bridgehead atoms. The number of primary amides is 1. The van der Waals surface area contributed by atoms with Gasteiger partial charge in [-0.05, 0) is 43.3 Å². The Morgan fingerprint density at radius 3 is 2.52 bits per heavy atom. The molecule has 0 aliphatic carbocycles. The van der Waals surface area contributed by atoms with Crippen LogP contribution in [-0.4, -0.2) is 25.0 Å². The Morgan fingerprint density at radius 2 is 1.90 bits per heavy atom. The number of nitrogens with two attached hydrogens (primary N) is 1. The molecule has 0 saturated carbocycles. The van der Waals surface area contributed by atoms with E-state index < -0.39 is 17.4 Å². The minimum Gasteiger partial charge on any atom is -0.364 e. The number of hydrogen-bond donors (Lipinski definition) is 1. The monoisotopic (exact) mass is 455 g/mol. The molecule has 7 nitrogen and oxygen atoms in total.